The molecule has 28 heavy (non-hydrogen) atoms. The van der Waals surface area contributed by atoms with Gasteiger partial charge >= 0.3 is 7.12 Å². The van der Waals surface area contributed by atoms with Gasteiger partial charge in [-0.15, -0.1) is 5.10 Å². The van der Waals surface area contributed by atoms with Crippen LogP contribution in [-0.4, -0.2) is 33.3 Å². The van der Waals surface area contributed by atoms with E-state index in [1.165, 1.54) is 5.56 Å². The van der Waals surface area contributed by atoms with Crippen molar-refractivity contribution >= 4 is 29.7 Å². The van der Waals surface area contributed by atoms with Crippen molar-refractivity contribution in [3.63, 3.8) is 0 Å². The Morgan fingerprint density at radius 3 is 2.39 bits per heavy atom. The highest BCUT2D eigenvalue weighted by Crippen LogP contribution is 2.37. The van der Waals surface area contributed by atoms with E-state index in [1.54, 1.807) is 0 Å². The summed E-state index contributed by atoms with van der Waals surface area (Å²) in [6, 6.07) is 14.4. The number of hydrogen-bond donors (Lipinski definition) is 0. The van der Waals surface area contributed by atoms with E-state index in [0.29, 0.717) is 6.54 Å². The summed E-state index contributed by atoms with van der Waals surface area (Å²) in [6.45, 7) is 11.0. The average molecular weight is 375 g/mol. The molecule has 0 spiro atoms. The summed E-state index contributed by atoms with van der Waals surface area (Å²) in [5.74, 6) is 0. The molecule has 0 N–H and O–H groups in total. The van der Waals surface area contributed by atoms with E-state index >= 15 is 0 Å². The first-order valence-corrected chi connectivity index (χ1v) is 9.68. The van der Waals surface area contributed by atoms with Crippen LogP contribution in [0.2, 0.25) is 0 Å². The Hall–Kier alpha value is -2.44. The van der Waals surface area contributed by atoms with Crippen LogP contribution >= 0.6 is 0 Å². The molecule has 0 bridgehead atoms. The van der Waals surface area contributed by atoms with Gasteiger partial charge in [-0.1, -0.05) is 53.8 Å². The fourth-order valence-electron chi connectivity index (χ4n) is 3.38. The SMILES string of the molecule is Cc1cc(B2OC(C)(C)C(C)(C)O2)c2nnn(C/C=C/c3ccccc3)c2c1. The molecule has 0 aliphatic carbocycles. The van der Waals surface area contributed by atoms with Crippen LogP contribution in [0.3, 0.4) is 0 Å². The fourth-order valence-corrected chi connectivity index (χ4v) is 3.38. The van der Waals surface area contributed by atoms with Crippen LogP contribution in [0.15, 0.2) is 48.5 Å². The lowest BCUT2D eigenvalue weighted by Crippen LogP contribution is -2.41. The standard InChI is InChI=1S/C22H26BN3O2/c1-16-14-18(23-27-21(2,3)22(4,5)28-23)20-19(15-16)26(25-24-20)13-9-12-17-10-7-6-8-11-17/h6-12,14-15H,13H2,1-5H3/b12-9+. The maximum Gasteiger partial charge on any atom is 0.497 e. The monoisotopic (exact) mass is 375 g/mol. The van der Waals surface area contributed by atoms with Crippen LogP contribution < -0.4 is 5.46 Å². The highest BCUT2D eigenvalue weighted by Gasteiger charge is 2.52. The zero-order valence-corrected chi connectivity index (χ0v) is 17.1. The van der Waals surface area contributed by atoms with Crippen molar-refractivity contribution in [2.24, 2.45) is 0 Å². The molecular weight excluding hydrogens is 349 g/mol. The third-order valence-electron chi connectivity index (χ3n) is 5.69. The third kappa shape index (κ3) is 3.38. The van der Waals surface area contributed by atoms with Gasteiger partial charge < -0.3 is 9.31 Å². The van der Waals surface area contributed by atoms with Gasteiger partial charge in [-0.3, -0.25) is 0 Å². The van der Waals surface area contributed by atoms with Crippen LogP contribution in [0.1, 0.15) is 38.8 Å². The van der Waals surface area contributed by atoms with Crippen molar-refractivity contribution in [1.29, 1.82) is 0 Å². The molecule has 1 aliphatic rings. The highest BCUT2D eigenvalue weighted by molar-refractivity contribution is 6.64. The van der Waals surface area contributed by atoms with E-state index in [4.69, 9.17) is 9.31 Å². The smallest absolute Gasteiger partial charge is 0.399 e. The van der Waals surface area contributed by atoms with Gasteiger partial charge in [-0.25, -0.2) is 4.68 Å². The largest absolute Gasteiger partial charge is 0.497 e. The zero-order valence-electron chi connectivity index (χ0n) is 17.1. The number of hydrogen-bond acceptors (Lipinski definition) is 4. The van der Waals surface area contributed by atoms with Gasteiger partial charge in [0.1, 0.15) is 5.52 Å². The van der Waals surface area contributed by atoms with Crippen LogP contribution in [0.4, 0.5) is 0 Å². The molecule has 1 fully saturated rings. The molecule has 0 amide bonds. The molecule has 6 heteroatoms. The molecule has 0 unspecified atom stereocenters. The molecule has 144 valence electrons. The number of benzene rings is 2. The fraction of sp³-hybridized carbons (Fsp3) is 0.364. The predicted octanol–water partition coefficient (Wildman–Crippen LogP) is 3.75. The van der Waals surface area contributed by atoms with Crippen molar-refractivity contribution in [3.05, 3.63) is 59.7 Å². The number of aromatic nitrogens is 3. The van der Waals surface area contributed by atoms with Crippen molar-refractivity contribution in [2.45, 2.75) is 52.4 Å². The van der Waals surface area contributed by atoms with Crippen LogP contribution in [-0.2, 0) is 15.9 Å². The Morgan fingerprint density at radius 1 is 1.04 bits per heavy atom. The summed E-state index contributed by atoms with van der Waals surface area (Å²) in [5, 5.41) is 8.82. The van der Waals surface area contributed by atoms with Gasteiger partial charge in [0, 0.05) is 5.46 Å². The van der Waals surface area contributed by atoms with Crippen molar-refractivity contribution in [1.82, 2.24) is 15.0 Å². The molecule has 2 aromatic carbocycles. The Labute approximate surface area is 166 Å². The van der Waals surface area contributed by atoms with E-state index in [-0.39, 0.29) is 11.2 Å². The normalized spacial score (nSPS) is 18.4. The predicted molar refractivity (Wildman–Crippen MR) is 113 cm³/mol. The minimum atomic E-state index is -0.447. The van der Waals surface area contributed by atoms with Gasteiger partial charge in [-0.05, 0) is 51.8 Å². The summed E-state index contributed by atoms with van der Waals surface area (Å²) in [7, 11) is -0.447. The molecular formula is C22H26BN3O2. The molecule has 0 saturated carbocycles. The first-order valence-electron chi connectivity index (χ1n) is 9.68. The molecule has 1 aromatic heterocycles. The van der Waals surface area contributed by atoms with E-state index in [2.05, 4.69) is 81.3 Å². The van der Waals surface area contributed by atoms with E-state index in [9.17, 15) is 0 Å². The summed E-state index contributed by atoms with van der Waals surface area (Å²) >= 11 is 0. The quantitative estimate of drug-likeness (QED) is 0.652. The molecule has 1 aliphatic heterocycles. The lowest BCUT2D eigenvalue weighted by molar-refractivity contribution is 0.00578. The molecule has 5 nitrogen and oxygen atoms in total. The molecule has 1 saturated heterocycles. The molecule has 2 heterocycles. The number of aryl methyl sites for hydroxylation is 1. The lowest BCUT2D eigenvalue weighted by atomic mass is 9.77. The topological polar surface area (TPSA) is 49.2 Å². The molecule has 3 aromatic rings. The Kier molecular flexibility index (Phi) is 4.64. The Bertz CT molecular complexity index is 1010. The second-order valence-electron chi connectivity index (χ2n) is 8.39. The van der Waals surface area contributed by atoms with Crippen LogP contribution in [0.25, 0.3) is 17.1 Å². The van der Waals surface area contributed by atoms with Crippen molar-refractivity contribution < 1.29 is 9.31 Å². The number of allylic oxidation sites excluding steroid dienone is 1. The maximum atomic E-state index is 6.25. The number of nitrogens with zero attached hydrogens (tertiary/aromatic N) is 3. The minimum absolute atomic E-state index is 0.387. The first kappa shape index (κ1) is 18.9. The second-order valence-corrected chi connectivity index (χ2v) is 8.39. The summed E-state index contributed by atoms with van der Waals surface area (Å²) in [4.78, 5) is 0. The highest BCUT2D eigenvalue weighted by atomic mass is 16.7. The number of rotatable bonds is 4. The molecule has 0 atom stereocenters. The summed E-state index contributed by atoms with van der Waals surface area (Å²) in [5.41, 5.74) is 4.28. The lowest BCUT2D eigenvalue weighted by Gasteiger charge is -2.32. The first-order chi connectivity index (χ1) is 13.3. The average Bonchev–Trinajstić information content (AvgIpc) is 3.13. The second kappa shape index (κ2) is 6.87. The van der Waals surface area contributed by atoms with E-state index < -0.39 is 7.12 Å². The van der Waals surface area contributed by atoms with Crippen molar-refractivity contribution in [2.75, 3.05) is 0 Å². The minimum Gasteiger partial charge on any atom is -0.399 e. The maximum absolute atomic E-state index is 6.25. The van der Waals surface area contributed by atoms with Gasteiger partial charge in [0.25, 0.3) is 0 Å². The van der Waals surface area contributed by atoms with E-state index in [1.807, 2.05) is 22.9 Å². The van der Waals surface area contributed by atoms with Crippen LogP contribution in [0, 0.1) is 6.92 Å². The summed E-state index contributed by atoms with van der Waals surface area (Å²) in [6.07, 6.45) is 4.19. The third-order valence-corrected chi connectivity index (χ3v) is 5.69. The molecule has 0 radical (unpaired) electrons. The summed E-state index contributed by atoms with van der Waals surface area (Å²) < 4.78 is 14.4. The van der Waals surface area contributed by atoms with Gasteiger partial charge in [0.05, 0.1) is 23.3 Å². The van der Waals surface area contributed by atoms with E-state index in [0.717, 1.165) is 22.1 Å². The van der Waals surface area contributed by atoms with Gasteiger partial charge in [-0.2, -0.15) is 0 Å². The molecule has 4 rings (SSSR count). The van der Waals surface area contributed by atoms with Crippen molar-refractivity contribution in [3.8, 4) is 0 Å². The van der Waals surface area contributed by atoms with Crippen LogP contribution in [0.5, 0.6) is 0 Å². The number of fused-ring (bicyclic) bond motifs is 1. The van der Waals surface area contributed by atoms with Gasteiger partial charge in [0.2, 0.25) is 0 Å². The Balaban J connectivity index is 1.65. The zero-order chi connectivity index (χ0) is 19.9. The van der Waals surface area contributed by atoms with Gasteiger partial charge in [0.15, 0.2) is 0 Å². The Morgan fingerprint density at radius 2 is 1.71 bits per heavy atom.